The topological polar surface area (TPSA) is 29.5 Å². The Labute approximate surface area is 124 Å². The average Bonchev–Trinajstić information content (AvgIpc) is 2.58. The van der Waals surface area contributed by atoms with E-state index in [0.29, 0.717) is 22.4 Å². The molecule has 1 aliphatic rings. The van der Waals surface area contributed by atoms with Crippen molar-refractivity contribution in [2.24, 2.45) is 11.8 Å². The second kappa shape index (κ2) is 6.01. The van der Waals surface area contributed by atoms with Crippen molar-refractivity contribution < 1.29 is 9.84 Å². The van der Waals surface area contributed by atoms with Gasteiger partial charge in [-0.2, -0.15) is 0 Å². The molecule has 5 unspecified atom stereocenters. The highest BCUT2D eigenvalue weighted by atomic mass is 35.5. The summed E-state index contributed by atoms with van der Waals surface area (Å²) in [6, 6.07) is 5.42. The molecule has 0 amide bonds. The number of benzene rings is 1. The summed E-state index contributed by atoms with van der Waals surface area (Å²) in [4.78, 5) is 0. The van der Waals surface area contributed by atoms with E-state index in [4.69, 9.17) is 27.9 Å². The van der Waals surface area contributed by atoms with E-state index in [9.17, 15) is 5.11 Å². The molecule has 1 heterocycles. The molecule has 1 fully saturated rings. The minimum Gasteiger partial charge on any atom is -0.392 e. The smallest absolute Gasteiger partial charge is 0.0637 e. The molecular formula is C15H20Cl2O2. The zero-order chi connectivity index (χ0) is 14.2. The molecule has 0 aliphatic carbocycles. The van der Waals surface area contributed by atoms with Gasteiger partial charge in [0.25, 0.3) is 0 Å². The molecular weight excluding hydrogens is 283 g/mol. The fourth-order valence-corrected chi connectivity index (χ4v) is 3.58. The predicted octanol–water partition coefficient (Wildman–Crippen LogP) is 3.96. The molecule has 19 heavy (non-hydrogen) atoms. The number of hydrogen-bond donors (Lipinski definition) is 1. The van der Waals surface area contributed by atoms with Crippen molar-refractivity contribution >= 4 is 23.2 Å². The van der Waals surface area contributed by atoms with Gasteiger partial charge in [0.2, 0.25) is 0 Å². The van der Waals surface area contributed by atoms with Gasteiger partial charge in [0.05, 0.1) is 18.3 Å². The summed E-state index contributed by atoms with van der Waals surface area (Å²) in [6.45, 7) is 6.19. The van der Waals surface area contributed by atoms with Crippen LogP contribution in [0.15, 0.2) is 18.2 Å². The van der Waals surface area contributed by atoms with Crippen LogP contribution in [0.2, 0.25) is 10.0 Å². The lowest BCUT2D eigenvalue weighted by molar-refractivity contribution is 0.0240. The quantitative estimate of drug-likeness (QED) is 0.916. The SMILES string of the molecule is CC1OC(C)C(C(O)Cc2c(Cl)cccc2Cl)C1C. The van der Waals surface area contributed by atoms with Crippen LogP contribution in [0, 0.1) is 11.8 Å². The third-order valence-corrected chi connectivity index (χ3v) is 4.95. The first-order chi connectivity index (χ1) is 8.91. The van der Waals surface area contributed by atoms with Crippen molar-refractivity contribution in [3.63, 3.8) is 0 Å². The summed E-state index contributed by atoms with van der Waals surface area (Å²) >= 11 is 12.3. The number of ether oxygens (including phenoxy) is 1. The maximum atomic E-state index is 10.5. The molecule has 0 aromatic heterocycles. The highest BCUT2D eigenvalue weighted by Crippen LogP contribution is 2.37. The maximum absolute atomic E-state index is 10.5. The van der Waals surface area contributed by atoms with Crippen LogP contribution < -0.4 is 0 Å². The number of aliphatic hydroxyl groups excluding tert-OH is 1. The lowest BCUT2D eigenvalue weighted by Gasteiger charge is -2.25. The first-order valence-electron chi connectivity index (χ1n) is 6.68. The van der Waals surface area contributed by atoms with E-state index in [1.807, 2.05) is 13.0 Å². The summed E-state index contributed by atoms with van der Waals surface area (Å²) in [5.41, 5.74) is 0.817. The highest BCUT2D eigenvalue weighted by Gasteiger charge is 2.41. The summed E-state index contributed by atoms with van der Waals surface area (Å²) in [7, 11) is 0. The Hall–Kier alpha value is -0.280. The molecule has 0 radical (unpaired) electrons. The van der Waals surface area contributed by atoms with Gasteiger partial charge in [-0.3, -0.25) is 0 Å². The Balaban J connectivity index is 2.15. The number of halogens is 2. The lowest BCUT2D eigenvalue weighted by Crippen LogP contribution is -2.32. The van der Waals surface area contributed by atoms with Gasteiger partial charge in [0.1, 0.15) is 0 Å². The first-order valence-corrected chi connectivity index (χ1v) is 7.43. The normalized spacial score (nSPS) is 32.5. The Morgan fingerprint density at radius 3 is 2.21 bits per heavy atom. The van der Waals surface area contributed by atoms with E-state index >= 15 is 0 Å². The van der Waals surface area contributed by atoms with Gasteiger partial charge in [-0.25, -0.2) is 0 Å². The van der Waals surface area contributed by atoms with Gasteiger partial charge in [-0.15, -0.1) is 0 Å². The lowest BCUT2D eigenvalue weighted by atomic mass is 9.82. The largest absolute Gasteiger partial charge is 0.392 e. The molecule has 2 nitrogen and oxygen atoms in total. The summed E-state index contributed by atoms with van der Waals surface area (Å²) in [5, 5.41) is 11.7. The van der Waals surface area contributed by atoms with E-state index in [1.54, 1.807) is 12.1 Å². The van der Waals surface area contributed by atoms with E-state index in [2.05, 4.69) is 13.8 Å². The molecule has 1 aromatic rings. The molecule has 0 bridgehead atoms. The van der Waals surface area contributed by atoms with Crippen LogP contribution in [0.3, 0.4) is 0 Å². The third kappa shape index (κ3) is 3.08. The third-order valence-electron chi connectivity index (χ3n) is 4.24. The van der Waals surface area contributed by atoms with E-state index in [-0.39, 0.29) is 18.1 Å². The minimum atomic E-state index is -0.493. The summed E-state index contributed by atoms with van der Waals surface area (Å²) < 4.78 is 5.78. The predicted molar refractivity (Wildman–Crippen MR) is 78.8 cm³/mol. The molecule has 1 N–H and O–H groups in total. The van der Waals surface area contributed by atoms with E-state index in [1.165, 1.54) is 0 Å². The van der Waals surface area contributed by atoms with Crippen LogP contribution >= 0.6 is 23.2 Å². The van der Waals surface area contributed by atoms with Crippen molar-refractivity contribution in [2.75, 3.05) is 0 Å². The van der Waals surface area contributed by atoms with Gasteiger partial charge < -0.3 is 9.84 Å². The molecule has 0 spiro atoms. The van der Waals surface area contributed by atoms with Gasteiger partial charge in [0, 0.05) is 22.4 Å². The Bertz CT molecular complexity index is 430. The first kappa shape index (κ1) is 15.1. The Morgan fingerprint density at radius 1 is 1.16 bits per heavy atom. The number of hydrogen-bond acceptors (Lipinski definition) is 2. The van der Waals surface area contributed by atoms with E-state index < -0.39 is 6.10 Å². The fraction of sp³-hybridized carbons (Fsp3) is 0.600. The molecule has 2 rings (SSSR count). The summed E-state index contributed by atoms with van der Waals surface area (Å²) in [6.07, 6.45) is 0.207. The van der Waals surface area contributed by atoms with Crippen molar-refractivity contribution in [1.82, 2.24) is 0 Å². The average molecular weight is 303 g/mol. The van der Waals surface area contributed by atoms with Gasteiger partial charge in [-0.05, 0) is 37.5 Å². The maximum Gasteiger partial charge on any atom is 0.0637 e. The molecule has 1 aromatic carbocycles. The molecule has 0 saturated carbocycles. The second-order valence-electron chi connectivity index (χ2n) is 5.45. The molecule has 106 valence electrons. The van der Waals surface area contributed by atoms with Gasteiger partial charge in [0.15, 0.2) is 0 Å². The fourth-order valence-electron chi connectivity index (χ4n) is 3.03. The Kier molecular flexibility index (Phi) is 4.78. The Morgan fingerprint density at radius 2 is 1.74 bits per heavy atom. The van der Waals surface area contributed by atoms with Crippen LogP contribution in [0.1, 0.15) is 26.3 Å². The molecule has 1 saturated heterocycles. The van der Waals surface area contributed by atoms with Crippen LogP contribution in [0.25, 0.3) is 0 Å². The zero-order valence-corrected chi connectivity index (χ0v) is 12.9. The van der Waals surface area contributed by atoms with Gasteiger partial charge >= 0.3 is 0 Å². The molecule has 1 aliphatic heterocycles. The standard InChI is InChI=1S/C15H20Cl2O2/c1-8-9(2)19-10(3)15(8)14(18)7-11-12(16)5-4-6-13(11)17/h4-6,8-10,14-15,18H,7H2,1-3H3. The van der Waals surface area contributed by atoms with Crippen LogP contribution in [0.4, 0.5) is 0 Å². The van der Waals surface area contributed by atoms with Crippen LogP contribution in [-0.2, 0) is 11.2 Å². The zero-order valence-electron chi connectivity index (χ0n) is 11.4. The van der Waals surface area contributed by atoms with Crippen LogP contribution in [-0.4, -0.2) is 23.4 Å². The van der Waals surface area contributed by atoms with Gasteiger partial charge in [-0.1, -0.05) is 36.2 Å². The van der Waals surface area contributed by atoms with Crippen molar-refractivity contribution in [3.05, 3.63) is 33.8 Å². The van der Waals surface area contributed by atoms with Crippen molar-refractivity contribution in [3.8, 4) is 0 Å². The number of rotatable bonds is 3. The monoisotopic (exact) mass is 302 g/mol. The molecule has 4 heteroatoms. The molecule has 5 atom stereocenters. The second-order valence-corrected chi connectivity index (χ2v) is 6.27. The van der Waals surface area contributed by atoms with Crippen LogP contribution in [0.5, 0.6) is 0 Å². The number of aliphatic hydroxyl groups is 1. The summed E-state index contributed by atoms with van der Waals surface area (Å²) in [5.74, 6) is 0.439. The van der Waals surface area contributed by atoms with Crippen molar-refractivity contribution in [2.45, 2.75) is 45.5 Å². The van der Waals surface area contributed by atoms with Crippen molar-refractivity contribution in [1.29, 1.82) is 0 Å². The highest BCUT2D eigenvalue weighted by molar-refractivity contribution is 6.35. The minimum absolute atomic E-state index is 0.0567. The van der Waals surface area contributed by atoms with E-state index in [0.717, 1.165) is 5.56 Å².